The molecule has 5 nitrogen and oxygen atoms in total. The maximum absolute atomic E-state index is 5.52. The summed E-state index contributed by atoms with van der Waals surface area (Å²) in [6, 6.07) is 8.09. The van der Waals surface area contributed by atoms with E-state index >= 15 is 0 Å². The van der Waals surface area contributed by atoms with Crippen LogP contribution in [0.1, 0.15) is 49.4 Å². The fourth-order valence-electron chi connectivity index (χ4n) is 3.59. The summed E-state index contributed by atoms with van der Waals surface area (Å²) >= 11 is 0. The Hall–Kier alpha value is -1.88. The van der Waals surface area contributed by atoms with Crippen LogP contribution in [0.2, 0.25) is 0 Å². The molecule has 1 aromatic heterocycles. The topological polar surface area (TPSA) is 57.4 Å². The minimum Gasteiger partial charge on any atom is -0.497 e. The number of benzene rings is 1. The van der Waals surface area contributed by atoms with Crippen LogP contribution in [0.4, 0.5) is 0 Å². The first-order valence-electron chi connectivity index (χ1n) is 8.71. The Kier molecular flexibility index (Phi) is 5.51. The largest absolute Gasteiger partial charge is 0.497 e. The third-order valence-corrected chi connectivity index (χ3v) is 4.94. The van der Waals surface area contributed by atoms with Crippen LogP contribution in [0.25, 0.3) is 0 Å². The Morgan fingerprint density at radius 2 is 1.96 bits per heavy atom. The average molecular weight is 330 g/mol. The summed E-state index contributed by atoms with van der Waals surface area (Å²) in [4.78, 5) is 4.69. The summed E-state index contributed by atoms with van der Waals surface area (Å²) < 4.78 is 16.3. The van der Waals surface area contributed by atoms with Crippen molar-refractivity contribution in [2.45, 2.75) is 50.4 Å². The molecule has 0 saturated heterocycles. The van der Waals surface area contributed by atoms with Gasteiger partial charge in [-0.2, -0.15) is 4.98 Å². The van der Waals surface area contributed by atoms with Crippen molar-refractivity contribution in [1.29, 1.82) is 0 Å². The lowest BCUT2D eigenvalue weighted by Crippen LogP contribution is -2.35. The van der Waals surface area contributed by atoms with Gasteiger partial charge in [-0.25, -0.2) is 0 Å². The minimum absolute atomic E-state index is 0.0648. The monoisotopic (exact) mass is 330 g/mol. The molecule has 0 radical (unpaired) electrons. The first kappa shape index (κ1) is 17.0. The predicted molar refractivity (Wildman–Crippen MR) is 91.3 cm³/mol. The third-order valence-electron chi connectivity index (χ3n) is 4.94. The minimum atomic E-state index is -0.0648. The van der Waals surface area contributed by atoms with Crippen molar-refractivity contribution >= 4 is 0 Å². The zero-order chi connectivity index (χ0) is 16.8. The summed E-state index contributed by atoms with van der Waals surface area (Å²) in [5.74, 6) is 2.40. The molecule has 1 aliphatic rings. The molecule has 0 aliphatic heterocycles. The van der Waals surface area contributed by atoms with Crippen molar-refractivity contribution in [2.24, 2.45) is 0 Å². The predicted octanol–water partition coefficient (Wildman–Crippen LogP) is 3.71. The van der Waals surface area contributed by atoms with Gasteiger partial charge in [0.15, 0.2) is 5.82 Å². The van der Waals surface area contributed by atoms with Crippen LogP contribution in [0.3, 0.4) is 0 Å². The van der Waals surface area contributed by atoms with Crippen LogP contribution >= 0.6 is 0 Å². The van der Waals surface area contributed by atoms with E-state index in [-0.39, 0.29) is 5.41 Å². The molecule has 1 heterocycles. The van der Waals surface area contributed by atoms with E-state index in [9.17, 15) is 0 Å². The fraction of sp³-hybridized carbons (Fsp3) is 0.579. The zero-order valence-electron chi connectivity index (χ0n) is 14.6. The third kappa shape index (κ3) is 3.78. The smallest absolute Gasteiger partial charge is 0.226 e. The van der Waals surface area contributed by atoms with Gasteiger partial charge in [-0.3, -0.25) is 0 Å². The Morgan fingerprint density at radius 1 is 1.12 bits per heavy atom. The van der Waals surface area contributed by atoms with Crippen molar-refractivity contribution in [3.8, 4) is 5.75 Å². The van der Waals surface area contributed by atoms with E-state index < -0.39 is 0 Å². The second kappa shape index (κ2) is 7.79. The lowest BCUT2D eigenvalue weighted by Gasteiger charge is -2.33. The molecular weight excluding hydrogens is 304 g/mol. The molecule has 130 valence electrons. The molecule has 1 fully saturated rings. The fourth-order valence-corrected chi connectivity index (χ4v) is 3.59. The van der Waals surface area contributed by atoms with Crippen LogP contribution in [0, 0.1) is 0 Å². The number of methoxy groups -OCH3 is 2. The van der Waals surface area contributed by atoms with Gasteiger partial charge in [0.25, 0.3) is 0 Å². The summed E-state index contributed by atoms with van der Waals surface area (Å²) in [6.45, 7) is 0.669. The molecule has 0 spiro atoms. The van der Waals surface area contributed by atoms with Crippen molar-refractivity contribution in [3.05, 3.63) is 41.5 Å². The van der Waals surface area contributed by atoms with E-state index in [0.29, 0.717) is 12.5 Å². The summed E-state index contributed by atoms with van der Waals surface area (Å²) in [5.41, 5.74) is 1.14. The lowest BCUT2D eigenvalue weighted by atomic mass is 9.74. The highest BCUT2D eigenvalue weighted by Gasteiger charge is 2.38. The Morgan fingerprint density at radius 3 is 2.71 bits per heavy atom. The van der Waals surface area contributed by atoms with E-state index in [1.807, 2.05) is 18.2 Å². The van der Waals surface area contributed by atoms with Gasteiger partial charge in [-0.05, 0) is 37.0 Å². The molecule has 5 heteroatoms. The van der Waals surface area contributed by atoms with Crippen LogP contribution in [-0.4, -0.2) is 31.0 Å². The van der Waals surface area contributed by atoms with Gasteiger partial charge < -0.3 is 14.0 Å². The molecule has 0 bridgehead atoms. The van der Waals surface area contributed by atoms with Crippen LogP contribution in [0.15, 0.2) is 28.8 Å². The average Bonchev–Trinajstić information content (AvgIpc) is 3.11. The molecule has 1 aromatic carbocycles. The Bertz CT molecular complexity index is 642. The standard InChI is InChI=1S/C19H26N2O3/c1-22-14-19(11-4-3-5-12-19)18-20-17(24-21-18)10-9-15-7-6-8-16(13-15)23-2/h6-8,13H,3-5,9-12,14H2,1-2H3. The molecular formula is C19H26N2O3. The molecule has 1 saturated carbocycles. The molecule has 0 atom stereocenters. The van der Waals surface area contributed by atoms with Gasteiger partial charge in [-0.15, -0.1) is 0 Å². The molecule has 24 heavy (non-hydrogen) atoms. The summed E-state index contributed by atoms with van der Waals surface area (Å²) in [6.07, 6.45) is 7.45. The van der Waals surface area contributed by atoms with E-state index in [1.165, 1.54) is 24.8 Å². The van der Waals surface area contributed by atoms with Crippen molar-refractivity contribution in [1.82, 2.24) is 10.1 Å². The molecule has 2 aromatic rings. The molecule has 0 N–H and O–H groups in total. The van der Waals surface area contributed by atoms with E-state index in [2.05, 4.69) is 11.2 Å². The number of hydrogen-bond acceptors (Lipinski definition) is 5. The van der Waals surface area contributed by atoms with Crippen molar-refractivity contribution in [2.75, 3.05) is 20.8 Å². The van der Waals surface area contributed by atoms with Crippen LogP contribution in [-0.2, 0) is 23.0 Å². The summed E-state index contributed by atoms with van der Waals surface area (Å²) in [5, 5.41) is 4.29. The number of hydrogen-bond donors (Lipinski definition) is 0. The highest BCUT2D eigenvalue weighted by Crippen LogP contribution is 2.38. The number of aromatic nitrogens is 2. The number of ether oxygens (including phenoxy) is 2. The van der Waals surface area contributed by atoms with Crippen LogP contribution in [0.5, 0.6) is 5.75 Å². The highest BCUT2D eigenvalue weighted by molar-refractivity contribution is 5.28. The van der Waals surface area contributed by atoms with E-state index in [0.717, 1.165) is 37.3 Å². The van der Waals surface area contributed by atoms with E-state index in [4.69, 9.17) is 19.0 Å². The van der Waals surface area contributed by atoms with Gasteiger partial charge in [-0.1, -0.05) is 36.6 Å². The number of aryl methyl sites for hydroxylation is 2. The second-order valence-electron chi connectivity index (χ2n) is 6.64. The highest BCUT2D eigenvalue weighted by atomic mass is 16.5. The molecule has 1 aliphatic carbocycles. The lowest BCUT2D eigenvalue weighted by molar-refractivity contribution is 0.0961. The SMILES string of the molecule is COCC1(c2noc(CCc3cccc(OC)c3)n2)CCCCC1. The molecule has 0 amide bonds. The van der Waals surface area contributed by atoms with Crippen molar-refractivity contribution < 1.29 is 14.0 Å². The molecule has 0 unspecified atom stereocenters. The quantitative estimate of drug-likeness (QED) is 0.774. The first-order chi connectivity index (χ1) is 11.8. The first-order valence-corrected chi connectivity index (χ1v) is 8.71. The maximum Gasteiger partial charge on any atom is 0.226 e. The van der Waals surface area contributed by atoms with Crippen molar-refractivity contribution in [3.63, 3.8) is 0 Å². The maximum atomic E-state index is 5.52. The summed E-state index contributed by atoms with van der Waals surface area (Å²) in [7, 11) is 3.43. The zero-order valence-corrected chi connectivity index (χ0v) is 14.6. The Balaban J connectivity index is 1.68. The molecule has 3 rings (SSSR count). The van der Waals surface area contributed by atoms with Gasteiger partial charge in [0.2, 0.25) is 5.89 Å². The van der Waals surface area contributed by atoms with E-state index in [1.54, 1.807) is 14.2 Å². The normalized spacial score (nSPS) is 16.9. The van der Waals surface area contributed by atoms with Gasteiger partial charge in [0.1, 0.15) is 5.75 Å². The van der Waals surface area contributed by atoms with Gasteiger partial charge in [0.05, 0.1) is 19.1 Å². The number of nitrogens with zero attached hydrogens (tertiary/aromatic N) is 2. The van der Waals surface area contributed by atoms with Gasteiger partial charge in [0, 0.05) is 13.5 Å². The Labute approximate surface area is 143 Å². The number of rotatable bonds is 7. The second-order valence-corrected chi connectivity index (χ2v) is 6.64. The van der Waals surface area contributed by atoms with Crippen LogP contribution < -0.4 is 4.74 Å². The van der Waals surface area contributed by atoms with Gasteiger partial charge >= 0.3 is 0 Å².